The molecular formula is C16H20N2O3S2. The second-order valence-electron chi connectivity index (χ2n) is 5.70. The third kappa shape index (κ3) is 4.62. The van der Waals surface area contributed by atoms with Gasteiger partial charge in [0.05, 0.1) is 17.0 Å². The van der Waals surface area contributed by atoms with Gasteiger partial charge >= 0.3 is 5.97 Å². The van der Waals surface area contributed by atoms with Gasteiger partial charge in [-0.25, -0.2) is 4.98 Å². The summed E-state index contributed by atoms with van der Waals surface area (Å²) in [5.74, 6) is -0.748. The molecule has 2 aromatic heterocycles. The minimum atomic E-state index is -0.896. The normalized spacial score (nSPS) is 11.0. The third-order valence-electron chi connectivity index (χ3n) is 3.19. The van der Waals surface area contributed by atoms with E-state index in [2.05, 4.69) is 4.98 Å². The van der Waals surface area contributed by atoms with Crippen molar-refractivity contribution in [1.29, 1.82) is 0 Å². The van der Waals surface area contributed by atoms with Crippen LogP contribution >= 0.6 is 22.7 Å². The fourth-order valence-electron chi connectivity index (χ4n) is 2.19. The molecule has 23 heavy (non-hydrogen) atoms. The number of thiophene rings is 1. The van der Waals surface area contributed by atoms with E-state index in [1.54, 1.807) is 16.2 Å². The summed E-state index contributed by atoms with van der Waals surface area (Å²) >= 11 is 2.96. The second kappa shape index (κ2) is 7.70. The maximum atomic E-state index is 12.8. The minimum Gasteiger partial charge on any atom is -0.481 e. The highest BCUT2D eigenvalue weighted by Gasteiger charge is 2.23. The van der Waals surface area contributed by atoms with Crippen molar-refractivity contribution in [2.75, 3.05) is 13.1 Å². The molecule has 0 bridgehead atoms. The number of carbonyl (C=O) groups excluding carboxylic acids is 1. The molecule has 0 fully saturated rings. The van der Waals surface area contributed by atoms with Crippen LogP contribution in [0.15, 0.2) is 17.5 Å². The Labute approximate surface area is 143 Å². The molecule has 2 aromatic rings. The van der Waals surface area contributed by atoms with Gasteiger partial charge in [-0.2, -0.15) is 0 Å². The van der Waals surface area contributed by atoms with E-state index in [1.165, 1.54) is 11.3 Å². The molecule has 2 rings (SSSR count). The largest absolute Gasteiger partial charge is 0.481 e. The Bertz CT molecular complexity index is 678. The molecule has 0 radical (unpaired) electrons. The van der Waals surface area contributed by atoms with Crippen LogP contribution in [-0.4, -0.2) is 40.0 Å². The fourth-order valence-corrected chi connectivity index (χ4v) is 4.02. The predicted octanol–water partition coefficient (Wildman–Crippen LogP) is 3.75. The van der Waals surface area contributed by atoms with Gasteiger partial charge in [-0.3, -0.25) is 9.59 Å². The molecule has 0 spiro atoms. The van der Waals surface area contributed by atoms with E-state index >= 15 is 0 Å². The van der Waals surface area contributed by atoms with Gasteiger partial charge in [-0.1, -0.05) is 19.9 Å². The SMILES string of the molecule is Cc1nc(-c2cccs2)sc1C(=O)N(CCC(=O)O)CC(C)C. The van der Waals surface area contributed by atoms with Crippen LogP contribution in [0.4, 0.5) is 0 Å². The fraction of sp³-hybridized carbons (Fsp3) is 0.438. The molecule has 0 saturated heterocycles. The van der Waals surface area contributed by atoms with Gasteiger partial charge in [0.1, 0.15) is 9.88 Å². The smallest absolute Gasteiger partial charge is 0.305 e. The lowest BCUT2D eigenvalue weighted by Crippen LogP contribution is -2.35. The van der Waals surface area contributed by atoms with Crippen molar-refractivity contribution < 1.29 is 14.7 Å². The Balaban J connectivity index is 2.23. The number of aryl methyl sites for hydroxylation is 1. The quantitative estimate of drug-likeness (QED) is 0.824. The molecule has 0 aromatic carbocycles. The van der Waals surface area contributed by atoms with Gasteiger partial charge in [-0.05, 0) is 24.3 Å². The summed E-state index contributed by atoms with van der Waals surface area (Å²) in [6.07, 6.45) is -0.0475. The van der Waals surface area contributed by atoms with Crippen molar-refractivity contribution in [1.82, 2.24) is 9.88 Å². The highest BCUT2D eigenvalue weighted by molar-refractivity contribution is 7.22. The van der Waals surface area contributed by atoms with Crippen LogP contribution in [0, 0.1) is 12.8 Å². The zero-order valence-electron chi connectivity index (χ0n) is 13.4. The number of carbonyl (C=O) groups is 2. The maximum Gasteiger partial charge on any atom is 0.305 e. The highest BCUT2D eigenvalue weighted by Crippen LogP contribution is 2.31. The average Bonchev–Trinajstić information content (AvgIpc) is 3.11. The Hall–Kier alpha value is -1.73. The lowest BCUT2D eigenvalue weighted by Gasteiger charge is -2.23. The van der Waals surface area contributed by atoms with Gasteiger partial charge in [0.2, 0.25) is 0 Å². The topological polar surface area (TPSA) is 70.5 Å². The molecule has 7 heteroatoms. The molecule has 0 atom stereocenters. The lowest BCUT2D eigenvalue weighted by molar-refractivity contribution is -0.137. The molecule has 1 N–H and O–H groups in total. The van der Waals surface area contributed by atoms with Gasteiger partial charge in [-0.15, -0.1) is 22.7 Å². The molecule has 0 aliphatic heterocycles. The van der Waals surface area contributed by atoms with Crippen molar-refractivity contribution in [3.63, 3.8) is 0 Å². The molecular weight excluding hydrogens is 332 g/mol. The van der Waals surface area contributed by atoms with E-state index in [-0.39, 0.29) is 24.8 Å². The highest BCUT2D eigenvalue weighted by atomic mass is 32.1. The van der Waals surface area contributed by atoms with Crippen LogP contribution < -0.4 is 0 Å². The second-order valence-corrected chi connectivity index (χ2v) is 7.65. The van der Waals surface area contributed by atoms with Crippen molar-refractivity contribution in [2.45, 2.75) is 27.2 Å². The van der Waals surface area contributed by atoms with Crippen molar-refractivity contribution in [3.05, 3.63) is 28.1 Å². The van der Waals surface area contributed by atoms with Crippen molar-refractivity contribution in [3.8, 4) is 9.88 Å². The maximum absolute atomic E-state index is 12.8. The van der Waals surface area contributed by atoms with Crippen molar-refractivity contribution >= 4 is 34.6 Å². The van der Waals surface area contributed by atoms with E-state index in [9.17, 15) is 9.59 Å². The van der Waals surface area contributed by atoms with Gasteiger partial charge in [0.25, 0.3) is 5.91 Å². The van der Waals surface area contributed by atoms with Crippen LogP contribution in [0.25, 0.3) is 9.88 Å². The van der Waals surface area contributed by atoms with Crippen LogP contribution in [0.2, 0.25) is 0 Å². The van der Waals surface area contributed by atoms with E-state index in [0.29, 0.717) is 17.1 Å². The van der Waals surface area contributed by atoms with Crippen LogP contribution in [0.1, 0.15) is 35.6 Å². The van der Waals surface area contributed by atoms with Crippen LogP contribution in [0.5, 0.6) is 0 Å². The molecule has 1 amide bonds. The van der Waals surface area contributed by atoms with Gasteiger partial charge < -0.3 is 10.0 Å². The first-order valence-corrected chi connectivity index (χ1v) is 9.10. The molecule has 5 nitrogen and oxygen atoms in total. The number of thiazole rings is 1. The summed E-state index contributed by atoms with van der Waals surface area (Å²) in [6.45, 7) is 6.61. The third-order valence-corrected chi connectivity index (χ3v) is 5.38. The Morgan fingerprint density at radius 2 is 2.13 bits per heavy atom. The average molecular weight is 352 g/mol. The summed E-state index contributed by atoms with van der Waals surface area (Å²) in [5.41, 5.74) is 0.701. The Morgan fingerprint density at radius 1 is 1.39 bits per heavy atom. The van der Waals surface area contributed by atoms with Gasteiger partial charge in [0.15, 0.2) is 0 Å². The number of nitrogens with zero attached hydrogens (tertiary/aromatic N) is 2. The molecule has 0 aliphatic carbocycles. The van der Waals surface area contributed by atoms with Gasteiger partial charge in [0, 0.05) is 13.1 Å². The number of aromatic nitrogens is 1. The molecule has 0 aliphatic rings. The lowest BCUT2D eigenvalue weighted by atomic mass is 10.2. The van der Waals surface area contributed by atoms with E-state index in [0.717, 1.165) is 9.88 Å². The van der Waals surface area contributed by atoms with Crippen LogP contribution in [-0.2, 0) is 4.79 Å². The summed E-state index contributed by atoms with van der Waals surface area (Å²) < 4.78 is 0. The number of carboxylic acids is 1. The number of rotatable bonds is 7. The summed E-state index contributed by atoms with van der Waals surface area (Å²) in [6, 6.07) is 3.93. The number of hydrogen-bond acceptors (Lipinski definition) is 5. The van der Waals surface area contributed by atoms with Crippen LogP contribution in [0.3, 0.4) is 0 Å². The monoisotopic (exact) mass is 352 g/mol. The Kier molecular flexibility index (Phi) is 5.90. The number of carboxylic acid groups (broad SMARTS) is 1. The van der Waals surface area contributed by atoms with E-state index < -0.39 is 5.97 Å². The summed E-state index contributed by atoms with van der Waals surface area (Å²) in [4.78, 5) is 31.4. The van der Waals surface area contributed by atoms with E-state index in [1.807, 2.05) is 38.3 Å². The first-order valence-electron chi connectivity index (χ1n) is 7.41. The standard InChI is InChI=1S/C16H20N2O3S2/c1-10(2)9-18(7-6-13(19)20)16(21)14-11(3)17-15(23-14)12-5-4-8-22-12/h4-5,8,10H,6-7,9H2,1-3H3,(H,19,20). The predicted molar refractivity (Wildman–Crippen MR) is 93.2 cm³/mol. The zero-order chi connectivity index (χ0) is 17.0. The summed E-state index contributed by atoms with van der Waals surface area (Å²) in [5, 5.41) is 11.7. The molecule has 124 valence electrons. The Morgan fingerprint density at radius 3 is 2.70 bits per heavy atom. The van der Waals surface area contributed by atoms with E-state index in [4.69, 9.17) is 5.11 Å². The minimum absolute atomic E-state index is 0.0475. The first-order chi connectivity index (χ1) is 10.9. The zero-order valence-corrected chi connectivity index (χ0v) is 15.0. The van der Waals surface area contributed by atoms with Crippen molar-refractivity contribution in [2.24, 2.45) is 5.92 Å². The number of aliphatic carboxylic acids is 1. The summed E-state index contributed by atoms with van der Waals surface area (Å²) in [7, 11) is 0. The first kappa shape index (κ1) is 17.6. The molecule has 0 saturated carbocycles. The number of hydrogen-bond donors (Lipinski definition) is 1. The number of amides is 1. The molecule has 2 heterocycles. The molecule has 0 unspecified atom stereocenters.